The van der Waals surface area contributed by atoms with Crippen LogP contribution in [0.5, 0.6) is 0 Å². The molecule has 4 nitrogen and oxygen atoms in total. The highest BCUT2D eigenvalue weighted by Gasteiger charge is 2.18. The summed E-state index contributed by atoms with van der Waals surface area (Å²) in [5, 5.41) is 3.30. The predicted octanol–water partition coefficient (Wildman–Crippen LogP) is 3.76. The van der Waals surface area contributed by atoms with E-state index in [4.69, 9.17) is 0 Å². The average molecular weight is 295 g/mol. The number of amides is 1. The number of anilines is 2. The summed E-state index contributed by atoms with van der Waals surface area (Å²) in [5.74, 6) is 0.0831. The van der Waals surface area contributed by atoms with Crippen LogP contribution in [0.1, 0.15) is 35.2 Å². The molecule has 1 aliphatic heterocycles. The van der Waals surface area contributed by atoms with E-state index in [9.17, 15) is 4.79 Å². The van der Waals surface area contributed by atoms with Gasteiger partial charge in [-0.15, -0.1) is 0 Å². The second-order valence-electron chi connectivity index (χ2n) is 5.81. The van der Waals surface area contributed by atoms with Gasteiger partial charge in [0.1, 0.15) is 0 Å². The normalized spacial score (nSPS) is 14.7. The van der Waals surface area contributed by atoms with Gasteiger partial charge in [0.15, 0.2) is 0 Å². The van der Waals surface area contributed by atoms with Crippen molar-refractivity contribution < 1.29 is 4.79 Å². The first-order valence-corrected chi connectivity index (χ1v) is 7.80. The highest BCUT2D eigenvalue weighted by molar-refractivity contribution is 5.95. The lowest BCUT2D eigenvalue weighted by molar-refractivity contribution is 0.0724. The number of nitrogens with zero attached hydrogens (tertiary/aromatic N) is 2. The molecule has 0 aliphatic carbocycles. The van der Waals surface area contributed by atoms with Crippen LogP contribution >= 0.6 is 0 Å². The first-order valence-electron chi connectivity index (χ1n) is 7.80. The summed E-state index contributed by atoms with van der Waals surface area (Å²) in [4.78, 5) is 18.6. The van der Waals surface area contributed by atoms with E-state index in [0.29, 0.717) is 5.56 Å². The fourth-order valence-corrected chi connectivity index (χ4v) is 2.71. The molecule has 2 heterocycles. The van der Waals surface area contributed by atoms with Gasteiger partial charge in [-0.25, -0.2) is 0 Å². The minimum absolute atomic E-state index is 0.0831. The van der Waals surface area contributed by atoms with Gasteiger partial charge in [0.05, 0.1) is 17.4 Å². The van der Waals surface area contributed by atoms with Crippen molar-refractivity contribution in [3.63, 3.8) is 0 Å². The van der Waals surface area contributed by atoms with E-state index in [-0.39, 0.29) is 5.91 Å². The number of aryl methyl sites for hydroxylation is 1. The Labute approximate surface area is 131 Å². The summed E-state index contributed by atoms with van der Waals surface area (Å²) >= 11 is 0. The second-order valence-corrected chi connectivity index (χ2v) is 5.81. The van der Waals surface area contributed by atoms with Crippen molar-refractivity contribution in [3.05, 3.63) is 53.9 Å². The summed E-state index contributed by atoms with van der Waals surface area (Å²) in [6.07, 6.45) is 6.81. The second kappa shape index (κ2) is 6.60. The van der Waals surface area contributed by atoms with Gasteiger partial charge in [-0.1, -0.05) is 17.7 Å². The van der Waals surface area contributed by atoms with E-state index < -0.39 is 0 Å². The van der Waals surface area contributed by atoms with Gasteiger partial charge in [-0.3, -0.25) is 9.78 Å². The highest BCUT2D eigenvalue weighted by Crippen LogP contribution is 2.19. The van der Waals surface area contributed by atoms with E-state index in [1.807, 2.05) is 23.1 Å². The van der Waals surface area contributed by atoms with Crippen LogP contribution in [0, 0.1) is 6.92 Å². The van der Waals surface area contributed by atoms with Crippen molar-refractivity contribution in [2.75, 3.05) is 18.4 Å². The Morgan fingerprint density at radius 1 is 1.05 bits per heavy atom. The zero-order valence-electron chi connectivity index (χ0n) is 12.9. The Morgan fingerprint density at radius 3 is 2.50 bits per heavy atom. The largest absolute Gasteiger partial charge is 0.354 e. The first-order chi connectivity index (χ1) is 10.7. The van der Waals surface area contributed by atoms with Crippen LogP contribution < -0.4 is 5.32 Å². The van der Waals surface area contributed by atoms with E-state index in [1.54, 1.807) is 12.4 Å². The maximum atomic E-state index is 12.5. The molecule has 1 fully saturated rings. The van der Waals surface area contributed by atoms with Crippen molar-refractivity contribution in [2.24, 2.45) is 0 Å². The minimum Gasteiger partial charge on any atom is -0.354 e. The lowest BCUT2D eigenvalue weighted by Gasteiger charge is -2.26. The fourth-order valence-electron chi connectivity index (χ4n) is 2.71. The molecule has 1 aromatic heterocycles. The number of pyridine rings is 1. The third-order valence-corrected chi connectivity index (χ3v) is 3.97. The van der Waals surface area contributed by atoms with Gasteiger partial charge in [-0.05, 0) is 44.4 Å². The molecule has 1 saturated heterocycles. The number of piperidine rings is 1. The summed E-state index contributed by atoms with van der Waals surface area (Å²) in [6.45, 7) is 3.77. The zero-order valence-corrected chi connectivity index (χ0v) is 12.9. The number of rotatable bonds is 3. The van der Waals surface area contributed by atoms with Crippen molar-refractivity contribution in [1.29, 1.82) is 0 Å². The van der Waals surface area contributed by atoms with Crippen LogP contribution in [0.3, 0.4) is 0 Å². The first kappa shape index (κ1) is 14.6. The standard InChI is InChI=1S/C18H21N3O/c1-14-5-7-16(8-6-14)20-17-11-15(12-19-13-17)18(22)21-9-3-2-4-10-21/h5-8,11-13,20H,2-4,9-10H2,1H3. The third-order valence-electron chi connectivity index (χ3n) is 3.97. The molecule has 1 N–H and O–H groups in total. The van der Waals surface area contributed by atoms with Gasteiger partial charge >= 0.3 is 0 Å². The molecule has 0 saturated carbocycles. The number of carbonyl (C=O) groups excluding carboxylic acids is 1. The molecule has 22 heavy (non-hydrogen) atoms. The van der Waals surface area contributed by atoms with E-state index in [1.165, 1.54) is 12.0 Å². The molecule has 1 aromatic carbocycles. The molecule has 114 valence electrons. The summed E-state index contributed by atoms with van der Waals surface area (Å²) in [6, 6.07) is 10.0. The molecule has 4 heteroatoms. The number of hydrogen-bond donors (Lipinski definition) is 1. The molecule has 3 rings (SSSR count). The molecule has 2 aromatic rings. The van der Waals surface area contributed by atoms with Crippen LogP contribution in [-0.2, 0) is 0 Å². The zero-order chi connectivity index (χ0) is 15.4. The van der Waals surface area contributed by atoms with Crippen LogP contribution in [0.15, 0.2) is 42.7 Å². The van der Waals surface area contributed by atoms with Gasteiger partial charge in [0.25, 0.3) is 5.91 Å². The summed E-state index contributed by atoms with van der Waals surface area (Å²) in [7, 11) is 0. The predicted molar refractivity (Wildman–Crippen MR) is 88.5 cm³/mol. The lowest BCUT2D eigenvalue weighted by atomic mass is 10.1. The van der Waals surface area contributed by atoms with Gasteiger partial charge in [0.2, 0.25) is 0 Å². The molecule has 0 spiro atoms. The molecular formula is C18H21N3O. The maximum Gasteiger partial charge on any atom is 0.255 e. The Bertz CT molecular complexity index is 646. The number of carbonyl (C=O) groups is 1. The highest BCUT2D eigenvalue weighted by atomic mass is 16.2. The Balaban J connectivity index is 1.74. The summed E-state index contributed by atoms with van der Waals surface area (Å²) < 4.78 is 0. The van der Waals surface area contributed by atoms with Gasteiger partial charge in [0, 0.05) is 25.0 Å². The monoisotopic (exact) mass is 295 g/mol. The number of nitrogens with one attached hydrogen (secondary N) is 1. The third kappa shape index (κ3) is 3.45. The van der Waals surface area contributed by atoms with Gasteiger partial charge in [-0.2, -0.15) is 0 Å². The Hall–Kier alpha value is -2.36. The topological polar surface area (TPSA) is 45.2 Å². The number of likely N-dealkylation sites (tertiary alicyclic amines) is 1. The van der Waals surface area contributed by atoms with Crippen molar-refractivity contribution in [3.8, 4) is 0 Å². The van der Waals surface area contributed by atoms with E-state index in [2.05, 4.69) is 29.4 Å². The molecule has 1 amide bonds. The van der Waals surface area contributed by atoms with E-state index >= 15 is 0 Å². The molecule has 1 aliphatic rings. The molecule has 0 unspecified atom stereocenters. The van der Waals surface area contributed by atoms with Crippen LogP contribution in [-0.4, -0.2) is 28.9 Å². The smallest absolute Gasteiger partial charge is 0.255 e. The summed E-state index contributed by atoms with van der Waals surface area (Å²) in [5.41, 5.74) is 3.71. The SMILES string of the molecule is Cc1ccc(Nc2cncc(C(=O)N3CCCCC3)c2)cc1. The lowest BCUT2D eigenvalue weighted by Crippen LogP contribution is -2.35. The van der Waals surface area contributed by atoms with Gasteiger partial charge < -0.3 is 10.2 Å². The van der Waals surface area contributed by atoms with Crippen LogP contribution in [0.25, 0.3) is 0 Å². The Morgan fingerprint density at radius 2 is 1.77 bits per heavy atom. The van der Waals surface area contributed by atoms with Crippen molar-refractivity contribution in [2.45, 2.75) is 26.2 Å². The molecule has 0 bridgehead atoms. The molecular weight excluding hydrogens is 274 g/mol. The molecule has 0 atom stereocenters. The minimum atomic E-state index is 0.0831. The van der Waals surface area contributed by atoms with E-state index in [0.717, 1.165) is 37.3 Å². The maximum absolute atomic E-state index is 12.5. The average Bonchev–Trinajstić information content (AvgIpc) is 2.57. The number of benzene rings is 1. The Kier molecular flexibility index (Phi) is 4.37. The van der Waals surface area contributed by atoms with Crippen LogP contribution in [0.2, 0.25) is 0 Å². The van der Waals surface area contributed by atoms with Crippen LogP contribution in [0.4, 0.5) is 11.4 Å². The fraction of sp³-hybridized carbons (Fsp3) is 0.333. The number of hydrogen-bond acceptors (Lipinski definition) is 3. The van der Waals surface area contributed by atoms with Crippen molar-refractivity contribution >= 4 is 17.3 Å². The molecule has 0 radical (unpaired) electrons. The number of aromatic nitrogens is 1. The van der Waals surface area contributed by atoms with Crippen molar-refractivity contribution in [1.82, 2.24) is 9.88 Å². The quantitative estimate of drug-likeness (QED) is 0.937.